The maximum atomic E-state index is 6.15. The van der Waals surface area contributed by atoms with Crippen molar-refractivity contribution >= 4 is 22.3 Å². The second-order valence-corrected chi connectivity index (χ2v) is 8.56. The highest BCUT2D eigenvalue weighted by atomic mass is 16.5. The summed E-state index contributed by atoms with van der Waals surface area (Å²) in [5, 5.41) is 4.28. The monoisotopic (exact) mass is 472 g/mol. The lowest BCUT2D eigenvalue weighted by Crippen LogP contribution is -1.94. The van der Waals surface area contributed by atoms with E-state index in [0.29, 0.717) is 23.2 Å². The number of ether oxygens (including phenoxy) is 3. The highest BCUT2D eigenvalue weighted by Gasteiger charge is 2.11. The number of benzene rings is 3. The van der Waals surface area contributed by atoms with Crippen molar-refractivity contribution in [1.29, 1.82) is 0 Å². The third kappa shape index (κ3) is 6.89. The molecule has 0 aliphatic carbocycles. The van der Waals surface area contributed by atoms with Crippen LogP contribution in [-0.2, 0) is 0 Å². The third-order valence-electron chi connectivity index (χ3n) is 5.66. The highest BCUT2D eigenvalue weighted by molar-refractivity contribution is 5.88. The number of nitrogens with zero attached hydrogens (tertiary/aromatic N) is 1. The second kappa shape index (κ2) is 12.7. The van der Waals surface area contributed by atoms with E-state index in [1.807, 2.05) is 42.5 Å². The van der Waals surface area contributed by atoms with Crippen LogP contribution in [0.1, 0.15) is 52.0 Å². The van der Waals surface area contributed by atoms with Gasteiger partial charge in [0.15, 0.2) is 11.5 Å². The lowest BCUT2D eigenvalue weighted by Gasteiger charge is -2.13. The fourth-order valence-corrected chi connectivity index (χ4v) is 3.39. The number of fused-ring (bicyclic) bond motifs is 1. The van der Waals surface area contributed by atoms with Crippen LogP contribution < -0.4 is 19.5 Å². The normalized spacial score (nSPS) is 10.5. The number of pyridine rings is 1. The molecule has 4 aromatic rings. The van der Waals surface area contributed by atoms with E-state index in [1.54, 1.807) is 20.4 Å². The van der Waals surface area contributed by atoms with E-state index in [4.69, 9.17) is 14.2 Å². The van der Waals surface area contributed by atoms with Gasteiger partial charge in [0.2, 0.25) is 0 Å². The van der Waals surface area contributed by atoms with Gasteiger partial charge in [-0.1, -0.05) is 52.7 Å². The predicted octanol–water partition coefficient (Wildman–Crippen LogP) is 8.72. The summed E-state index contributed by atoms with van der Waals surface area (Å²) in [7, 11) is 3.22. The van der Waals surface area contributed by atoms with Crippen molar-refractivity contribution in [3.63, 3.8) is 0 Å². The molecule has 0 fully saturated rings. The summed E-state index contributed by atoms with van der Waals surface area (Å²) in [6.07, 6.45) is 4.36. The van der Waals surface area contributed by atoms with Crippen LogP contribution in [0.2, 0.25) is 0 Å². The van der Waals surface area contributed by atoms with Crippen LogP contribution in [0, 0.1) is 0 Å². The van der Waals surface area contributed by atoms with Gasteiger partial charge in [0.25, 0.3) is 0 Å². The molecule has 0 atom stereocenters. The zero-order chi connectivity index (χ0) is 25.2. The Labute approximate surface area is 209 Å². The summed E-state index contributed by atoms with van der Waals surface area (Å²) >= 11 is 0. The Morgan fingerprint density at radius 1 is 0.743 bits per heavy atom. The van der Waals surface area contributed by atoms with Crippen LogP contribution in [0.25, 0.3) is 10.9 Å². The van der Waals surface area contributed by atoms with Gasteiger partial charge in [0, 0.05) is 29.0 Å². The van der Waals surface area contributed by atoms with Gasteiger partial charge in [-0.2, -0.15) is 0 Å². The number of aromatic nitrogens is 1. The molecule has 0 radical (unpaired) electrons. The molecule has 1 N–H and O–H groups in total. The summed E-state index contributed by atoms with van der Waals surface area (Å²) in [5.41, 5.74) is 4.15. The number of hydrogen-bond donors (Lipinski definition) is 1. The topological polar surface area (TPSA) is 52.6 Å². The Bertz CT molecular complexity index is 1200. The number of nitrogens with one attached hydrogen (secondary N) is 1. The van der Waals surface area contributed by atoms with Gasteiger partial charge < -0.3 is 19.5 Å². The second-order valence-electron chi connectivity index (χ2n) is 8.56. The molecule has 0 bridgehead atoms. The molecule has 0 saturated carbocycles. The van der Waals surface area contributed by atoms with Crippen molar-refractivity contribution in [3.05, 3.63) is 78.5 Å². The standard InChI is InChI=1S/C26H26N2O3.C4H10/c1-17(2)18-5-7-19(8-6-18)28-20-9-11-21(12-10-20)31-24-13-14-27-23-16-26(30-4)25(29-3)15-22(23)24;1-3-4-2/h5-17,28H,1-4H3;3-4H2,1-2H3. The fourth-order valence-electron chi connectivity index (χ4n) is 3.39. The maximum absolute atomic E-state index is 6.15. The van der Waals surface area contributed by atoms with Crippen molar-refractivity contribution in [2.24, 2.45) is 0 Å². The van der Waals surface area contributed by atoms with Crippen molar-refractivity contribution in [2.75, 3.05) is 19.5 Å². The van der Waals surface area contributed by atoms with Gasteiger partial charge in [0.05, 0.1) is 19.7 Å². The van der Waals surface area contributed by atoms with Gasteiger partial charge in [-0.3, -0.25) is 4.98 Å². The Hall–Kier alpha value is -3.73. The Morgan fingerprint density at radius 3 is 1.86 bits per heavy atom. The molecule has 5 nitrogen and oxygen atoms in total. The van der Waals surface area contributed by atoms with Crippen LogP contribution in [0.3, 0.4) is 0 Å². The number of rotatable bonds is 8. The molecule has 0 aliphatic rings. The van der Waals surface area contributed by atoms with Gasteiger partial charge in [-0.25, -0.2) is 0 Å². The van der Waals surface area contributed by atoms with Crippen molar-refractivity contribution < 1.29 is 14.2 Å². The molecule has 0 unspecified atom stereocenters. The number of hydrogen-bond acceptors (Lipinski definition) is 5. The zero-order valence-electron chi connectivity index (χ0n) is 21.6. The number of unbranched alkanes of at least 4 members (excludes halogenated alkanes) is 1. The third-order valence-corrected chi connectivity index (χ3v) is 5.66. The Kier molecular flexibility index (Phi) is 9.36. The van der Waals surface area contributed by atoms with Crippen molar-refractivity contribution in [3.8, 4) is 23.0 Å². The van der Waals surface area contributed by atoms with E-state index < -0.39 is 0 Å². The quantitative estimate of drug-likeness (QED) is 0.278. The van der Waals surface area contributed by atoms with Gasteiger partial charge in [-0.15, -0.1) is 0 Å². The van der Waals surface area contributed by atoms with Crippen LogP contribution in [-0.4, -0.2) is 19.2 Å². The van der Waals surface area contributed by atoms with E-state index in [0.717, 1.165) is 28.0 Å². The molecule has 0 amide bonds. The average molecular weight is 473 g/mol. The molecule has 1 heterocycles. The van der Waals surface area contributed by atoms with Crippen molar-refractivity contribution in [1.82, 2.24) is 4.98 Å². The molecule has 0 spiro atoms. The lowest BCUT2D eigenvalue weighted by atomic mass is 10.0. The fraction of sp³-hybridized carbons (Fsp3) is 0.300. The number of anilines is 2. The van der Waals surface area contributed by atoms with Gasteiger partial charge >= 0.3 is 0 Å². The SMILES string of the molecule is CCCC.COc1cc2nccc(Oc3ccc(Nc4ccc(C(C)C)cc4)cc3)c2cc1OC. The molecule has 0 saturated heterocycles. The molecule has 3 aromatic carbocycles. The summed E-state index contributed by atoms with van der Waals surface area (Å²) in [6, 6.07) is 22.0. The van der Waals surface area contributed by atoms with Crippen LogP contribution in [0.4, 0.5) is 11.4 Å². The van der Waals surface area contributed by atoms with Crippen LogP contribution >= 0.6 is 0 Å². The molecule has 184 valence electrons. The molecule has 1 aromatic heterocycles. The first-order chi connectivity index (χ1) is 17.0. The first-order valence-corrected chi connectivity index (χ1v) is 12.1. The summed E-state index contributed by atoms with van der Waals surface area (Å²) in [6.45, 7) is 8.75. The minimum Gasteiger partial charge on any atom is -0.493 e. The predicted molar refractivity (Wildman–Crippen MR) is 146 cm³/mol. The van der Waals surface area contributed by atoms with Crippen LogP contribution in [0.5, 0.6) is 23.0 Å². The van der Waals surface area contributed by atoms with E-state index in [9.17, 15) is 0 Å². The minimum absolute atomic E-state index is 0.524. The average Bonchev–Trinajstić information content (AvgIpc) is 2.89. The van der Waals surface area contributed by atoms with E-state index >= 15 is 0 Å². The first-order valence-electron chi connectivity index (χ1n) is 12.1. The zero-order valence-corrected chi connectivity index (χ0v) is 21.6. The molecular weight excluding hydrogens is 436 g/mol. The molecule has 35 heavy (non-hydrogen) atoms. The molecule has 4 rings (SSSR count). The molecule has 5 heteroatoms. The maximum Gasteiger partial charge on any atom is 0.162 e. The summed E-state index contributed by atoms with van der Waals surface area (Å²) < 4.78 is 16.9. The van der Waals surface area contributed by atoms with E-state index in [-0.39, 0.29) is 0 Å². The molecule has 0 aliphatic heterocycles. The highest BCUT2D eigenvalue weighted by Crippen LogP contribution is 2.37. The smallest absolute Gasteiger partial charge is 0.162 e. The Morgan fingerprint density at radius 2 is 1.31 bits per heavy atom. The largest absolute Gasteiger partial charge is 0.493 e. The van der Waals surface area contributed by atoms with Gasteiger partial charge in [-0.05, 0) is 60.0 Å². The first kappa shape index (κ1) is 25.9. The Balaban J connectivity index is 0.000000795. The van der Waals surface area contributed by atoms with Crippen LogP contribution in [0.15, 0.2) is 72.9 Å². The van der Waals surface area contributed by atoms with Crippen molar-refractivity contribution in [2.45, 2.75) is 46.5 Å². The van der Waals surface area contributed by atoms with E-state index in [2.05, 4.69) is 62.3 Å². The summed E-state index contributed by atoms with van der Waals surface area (Å²) in [4.78, 5) is 4.42. The number of methoxy groups -OCH3 is 2. The summed E-state index contributed by atoms with van der Waals surface area (Å²) in [5.74, 6) is 3.24. The van der Waals surface area contributed by atoms with E-state index in [1.165, 1.54) is 18.4 Å². The lowest BCUT2D eigenvalue weighted by molar-refractivity contribution is 0.355. The molecular formula is C30H36N2O3. The van der Waals surface area contributed by atoms with Gasteiger partial charge in [0.1, 0.15) is 11.5 Å². The minimum atomic E-state index is 0.524.